The van der Waals surface area contributed by atoms with Crippen molar-refractivity contribution in [2.24, 2.45) is 0 Å². The lowest BCUT2D eigenvalue weighted by Gasteiger charge is -2.09. The second-order valence-electron chi connectivity index (χ2n) is 5.61. The SMILES string of the molecule is COCCNC(=O)Oc1ccc(C(=O)NS(=O)(=O)CCOc2ccccc2)cn1. The molecule has 0 atom stereocenters. The maximum atomic E-state index is 12.1. The molecule has 0 aliphatic carbocycles. The number of carbonyl (C=O) groups is 2. The molecule has 0 saturated heterocycles. The van der Waals surface area contributed by atoms with E-state index in [1.165, 1.54) is 19.2 Å². The van der Waals surface area contributed by atoms with Crippen LogP contribution in [0.4, 0.5) is 4.79 Å². The molecule has 11 heteroatoms. The van der Waals surface area contributed by atoms with Crippen molar-refractivity contribution in [2.75, 3.05) is 32.6 Å². The molecule has 10 nitrogen and oxygen atoms in total. The maximum absolute atomic E-state index is 12.1. The molecule has 0 unspecified atom stereocenters. The van der Waals surface area contributed by atoms with Gasteiger partial charge in [-0.2, -0.15) is 0 Å². The van der Waals surface area contributed by atoms with Crippen molar-refractivity contribution < 1.29 is 32.2 Å². The van der Waals surface area contributed by atoms with Gasteiger partial charge in [0.2, 0.25) is 15.9 Å². The number of nitrogens with one attached hydrogen (secondary N) is 2. The summed E-state index contributed by atoms with van der Waals surface area (Å²) < 4.78 is 41.0. The fourth-order valence-electron chi connectivity index (χ4n) is 2.00. The number of para-hydroxylation sites is 1. The van der Waals surface area contributed by atoms with Crippen LogP contribution >= 0.6 is 0 Å². The van der Waals surface area contributed by atoms with Gasteiger partial charge in [-0.25, -0.2) is 22.9 Å². The average molecular weight is 423 g/mol. The van der Waals surface area contributed by atoms with E-state index >= 15 is 0 Å². The number of carbonyl (C=O) groups excluding carboxylic acids is 2. The van der Waals surface area contributed by atoms with E-state index in [9.17, 15) is 18.0 Å². The van der Waals surface area contributed by atoms with Crippen molar-refractivity contribution in [2.45, 2.75) is 0 Å². The number of aromatic nitrogens is 1. The van der Waals surface area contributed by atoms with Crippen molar-refractivity contribution >= 4 is 22.0 Å². The van der Waals surface area contributed by atoms with Gasteiger partial charge < -0.3 is 19.5 Å². The van der Waals surface area contributed by atoms with Crippen LogP contribution in [0.15, 0.2) is 48.7 Å². The van der Waals surface area contributed by atoms with E-state index in [2.05, 4.69) is 10.3 Å². The predicted molar refractivity (Wildman–Crippen MR) is 103 cm³/mol. The first-order valence-electron chi connectivity index (χ1n) is 8.53. The number of methoxy groups -OCH3 is 1. The van der Waals surface area contributed by atoms with E-state index in [0.717, 1.165) is 6.20 Å². The lowest BCUT2D eigenvalue weighted by atomic mass is 10.3. The molecule has 0 bridgehead atoms. The number of ether oxygens (including phenoxy) is 3. The zero-order chi connectivity index (χ0) is 21.1. The van der Waals surface area contributed by atoms with Crippen molar-refractivity contribution in [1.29, 1.82) is 0 Å². The third-order valence-electron chi connectivity index (χ3n) is 3.38. The Bertz CT molecular complexity index is 903. The monoisotopic (exact) mass is 423 g/mol. The topological polar surface area (TPSA) is 133 Å². The summed E-state index contributed by atoms with van der Waals surface area (Å²) in [5.74, 6) is -0.770. The van der Waals surface area contributed by atoms with Crippen LogP contribution in [0, 0.1) is 0 Å². The third kappa shape index (κ3) is 8.15. The molecule has 156 valence electrons. The summed E-state index contributed by atoms with van der Waals surface area (Å²) in [6, 6.07) is 11.3. The van der Waals surface area contributed by atoms with Gasteiger partial charge in [0.05, 0.1) is 12.2 Å². The molecule has 2 N–H and O–H groups in total. The summed E-state index contributed by atoms with van der Waals surface area (Å²) in [5, 5.41) is 2.44. The number of sulfonamides is 1. The minimum atomic E-state index is -3.90. The lowest BCUT2D eigenvalue weighted by molar-refractivity contribution is 0.0981. The Morgan fingerprint density at radius 2 is 1.83 bits per heavy atom. The number of nitrogens with zero attached hydrogens (tertiary/aromatic N) is 1. The molecular weight excluding hydrogens is 402 g/mol. The van der Waals surface area contributed by atoms with Crippen molar-refractivity contribution in [3.63, 3.8) is 0 Å². The highest BCUT2D eigenvalue weighted by molar-refractivity contribution is 7.90. The molecule has 2 rings (SSSR count). The van der Waals surface area contributed by atoms with Gasteiger partial charge in [-0.1, -0.05) is 18.2 Å². The van der Waals surface area contributed by atoms with Crippen LogP contribution in [0.2, 0.25) is 0 Å². The highest BCUT2D eigenvalue weighted by Gasteiger charge is 2.17. The Morgan fingerprint density at radius 1 is 1.07 bits per heavy atom. The largest absolute Gasteiger partial charge is 0.492 e. The van der Waals surface area contributed by atoms with Gasteiger partial charge in [0.1, 0.15) is 18.1 Å². The third-order valence-corrected chi connectivity index (χ3v) is 4.58. The minimum Gasteiger partial charge on any atom is -0.492 e. The summed E-state index contributed by atoms with van der Waals surface area (Å²) in [4.78, 5) is 27.4. The van der Waals surface area contributed by atoms with Crippen molar-refractivity contribution in [1.82, 2.24) is 15.0 Å². The first kappa shape index (κ1) is 22.1. The Hall–Kier alpha value is -3.18. The van der Waals surface area contributed by atoms with Crippen LogP contribution in [-0.4, -0.2) is 58.0 Å². The highest BCUT2D eigenvalue weighted by atomic mass is 32.2. The van der Waals surface area contributed by atoms with Gasteiger partial charge in [-0.3, -0.25) is 4.79 Å². The molecule has 1 aromatic heterocycles. The van der Waals surface area contributed by atoms with Gasteiger partial charge in [-0.05, 0) is 18.2 Å². The van der Waals surface area contributed by atoms with Crippen LogP contribution in [0.1, 0.15) is 10.4 Å². The van der Waals surface area contributed by atoms with Gasteiger partial charge >= 0.3 is 6.09 Å². The quantitative estimate of drug-likeness (QED) is 0.540. The van der Waals surface area contributed by atoms with Crippen LogP contribution in [0.25, 0.3) is 0 Å². The second kappa shape index (κ2) is 11.0. The van der Waals surface area contributed by atoms with Gasteiger partial charge in [0, 0.05) is 25.9 Å². The zero-order valence-electron chi connectivity index (χ0n) is 15.7. The Labute approximate surface area is 168 Å². The molecule has 1 aromatic carbocycles. The number of pyridine rings is 1. The summed E-state index contributed by atoms with van der Waals surface area (Å²) in [6.45, 7) is 0.476. The number of hydrogen-bond donors (Lipinski definition) is 2. The minimum absolute atomic E-state index is 0.00954. The molecule has 0 saturated carbocycles. The van der Waals surface area contributed by atoms with Crippen LogP contribution in [0.3, 0.4) is 0 Å². The summed E-state index contributed by atoms with van der Waals surface area (Å²) in [7, 11) is -2.41. The summed E-state index contributed by atoms with van der Waals surface area (Å²) in [5.41, 5.74) is -0.00954. The molecular formula is C18H21N3O7S. The molecule has 0 fully saturated rings. The Kier molecular flexibility index (Phi) is 8.37. The highest BCUT2D eigenvalue weighted by Crippen LogP contribution is 2.09. The molecule has 0 aliphatic heterocycles. The first-order chi connectivity index (χ1) is 13.9. The fraction of sp³-hybridized carbons (Fsp3) is 0.278. The molecule has 0 radical (unpaired) electrons. The normalized spacial score (nSPS) is 10.8. The van der Waals surface area contributed by atoms with Gasteiger partial charge in [0.15, 0.2) is 0 Å². The Morgan fingerprint density at radius 3 is 2.48 bits per heavy atom. The van der Waals surface area contributed by atoms with Crippen molar-refractivity contribution in [3.05, 3.63) is 54.2 Å². The van der Waals surface area contributed by atoms with Crippen molar-refractivity contribution in [3.8, 4) is 11.6 Å². The van der Waals surface area contributed by atoms with E-state index in [4.69, 9.17) is 14.2 Å². The Balaban J connectivity index is 1.82. The molecule has 2 amide bonds. The van der Waals surface area contributed by atoms with E-state index in [-0.39, 0.29) is 24.6 Å². The first-order valence-corrected chi connectivity index (χ1v) is 10.2. The summed E-state index contributed by atoms with van der Waals surface area (Å²) >= 11 is 0. The number of benzene rings is 1. The van der Waals surface area contributed by atoms with Gasteiger partial charge in [0.25, 0.3) is 5.91 Å². The molecule has 2 aromatic rings. The molecule has 1 heterocycles. The van der Waals surface area contributed by atoms with Crippen LogP contribution < -0.4 is 19.5 Å². The van der Waals surface area contributed by atoms with E-state index < -0.39 is 27.8 Å². The number of hydrogen-bond acceptors (Lipinski definition) is 8. The number of rotatable bonds is 10. The van der Waals surface area contributed by atoms with Crippen LogP contribution in [-0.2, 0) is 14.8 Å². The summed E-state index contributed by atoms with van der Waals surface area (Å²) in [6.07, 6.45) is 0.371. The predicted octanol–water partition coefficient (Wildman–Crippen LogP) is 0.955. The molecule has 0 spiro atoms. The lowest BCUT2D eigenvalue weighted by Crippen LogP contribution is -2.34. The number of amides is 2. The fourth-order valence-corrected chi connectivity index (χ4v) is 2.80. The maximum Gasteiger partial charge on any atom is 0.414 e. The smallest absolute Gasteiger partial charge is 0.414 e. The van der Waals surface area contributed by atoms with E-state index in [1.54, 1.807) is 24.3 Å². The molecule has 0 aliphatic rings. The second-order valence-corrected chi connectivity index (χ2v) is 7.45. The van der Waals surface area contributed by atoms with Crippen LogP contribution in [0.5, 0.6) is 11.6 Å². The standard InChI is InChI=1S/C18H21N3O7S/c1-26-10-9-19-18(23)28-16-8-7-14(13-20-16)17(22)21-29(24,25)12-11-27-15-5-3-2-4-6-15/h2-8,13H,9-12H2,1H3,(H,19,23)(H,21,22). The van der Waals surface area contributed by atoms with E-state index in [0.29, 0.717) is 12.4 Å². The average Bonchev–Trinajstić information content (AvgIpc) is 2.69. The zero-order valence-corrected chi connectivity index (χ0v) is 16.5. The van der Waals surface area contributed by atoms with Gasteiger partial charge in [-0.15, -0.1) is 0 Å². The molecule has 29 heavy (non-hydrogen) atoms. The van der Waals surface area contributed by atoms with E-state index in [1.807, 2.05) is 10.8 Å².